The number of piperidine rings is 1. The summed E-state index contributed by atoms with van der Waals surface area (Å²) in [5.74, 6) is -0.642. The van der Waals surface area contributed by atoms with Crippen molar-refractivity contribution in [1.82, 2.24) is 10.6 Å². The molecule has 1 heterocycles. The first-order chi connectivity index (χ1) is 9.00. The van der Waals surface area contributed by atoms with Crippen molar-refractivity contribution in [2.45, 2.75) is 19.8 Å². The minimum absolute atomic E-state index is 0.0771. The first-order valence-electron chi connectivity index (χ1n) is 6.44. The number of halogens is 2. The van der Waals surface area contributed by atoms with E-state index in [1.807, 2.05) is 0 Å². The van der Waals surface area contributed by atoms with E-state index in [1.54, 1.807) is 6.07 Å². The molecule has 0 radical (unpaired) electrons. The molecule has 0 bridgehead atoms. The van der Waals surface area contributed by atoms with E-state index in [0.717, 1.165) is 25.9 Å². The standard InChI is InChI=1S/C14H18BrFN2O/c1-14(5-2-6-17-8-14)9-18-13(19)11-7-10(16)3-4-12(11)15/h3-4,7,17H,2,5-6,8-9H2,1H3,(H,18,19). The van der Waals surface area contributed by atoms with Crippen molar-refractivity contribution in [2.75, 3.05) is 19.6 Å². The van der Waals surface area contributed by atoms with Crippen LogP contribution >= 0.6 is 15.9 Å². The normalized spacial score (nSPS) is 23.1. The number of hydrogen-bond acceptors (Lipinski definition) is 2. The van der Waals surface area contributed by atoms with Gasteiger partial charge in [-0.1, -0.05) is 6.92 Å². The highest BCUT2D eigenvalue weighted by molar-refractivity contribution is 9.10. The molecule has 1 unspecified atom stereocenters. The van der Waals surface area contributed by atoms with Gasteiger partial charge in [-0.2, -0.15) is 0 Å². The van der Waals surface area contributed by atoms with Crippen molar-refractivity contribution in [3.8, 4) is 0 Å². The van der Waals surface area contributed by atoms with Crippen LogP contribution in [0, 0.1) is 11.2 Å². The van der Waals surface area contributed by atoms with Crippen molar-refractivity contribution in [3.05, 3.63) is 34.1 Å². The monoisotopic (exact) mass is 328 g/mol. The summed E-state index contributed by atoms with van der Waals surface area (Å²) >= 11 is 3.27. The second-order valence-electron chi connectivity index (χ2n) is 5.40. The summed E-state index contributed by atoms with van der Waals surface area (Å²) in [4.78, 5) is 12.1. The number of carbonyl (C=O) groups excluding carboxylic acids is 1. The van der Waals surface area contributed by atoms with Crippen molar-refractivity contribution >= 4 is 21.8 Å². The SMILES string of the molecule is CC1(CNC(=O)c2cc(F)ccc2Br)CCCNC1. The summed E-state index contributed by atoms with van der Waals surface area (Å²) in [6, 6.07) is 4.13. The molecule has 1 fully saturated rings. The van der Waals surface area contributed by atoms with Gasteiger partial charge in [0.05, 0.1) is 5.56 Å². The van der Waals surface area contributed by atoms with Crippen molar-refractivity contribution in [3.63, 3.8) is 0 Å². The molecule has 5 heteroatoms. The van der Waals surface area contributed by atoms with E-state index in [0.29, 0.717) is 16.6 Å². The minimum Gasteiger partial charge on any atom is -0.351 e. The van der Waals surface area contributed by atoms with Crippen LogP contribution in [0.4, 0.5) is 4.39 Å². The molecule has 0 saturated carbocycles. The van der Waals surface area contributed by atoms with E-state index in [1.165, 1.54) is 12.1 Å². The van der Waals surface area contributed by atoms with E-state index in [-0.39, 0.29) is 11.3 Å². The van der Waals surface area contributed by atoms with Crippen LogP contribution < -0.4 is 10.6 Å². The molecule has 1 saturated heterocycles. The van der Waals surface area contributed by atoms with Crippen LogP contribution in [0.3, 0.4) is 0 Å². The molecule has 0 spiro atoms. The molecule has 1 atom stereocenters. The summed E-state index contributed by atoms with van der Waals surface area (Å²) in [6.45, 7) is 4.69. The maximum atomic E-state index is 13.2. The fourth-order valence-electron chi connectivity index (χ4n) is 2.33. The number of benzene rings is 1. The third-order valence-corrected chi connectivity index (χ3v) is 4.23. The predicted octanol–water partition coefficient (Wildman–Crippen LogP) is 2.71. The third kappa shape index (κ3) is 3.76. The fourth-order valence-corrected chi connectivity index (χ4v) is 2.76. The second-order valence-corrected chi connectivity index (χ2v) is 6.25. The quantitative estimate of drug-likeness (QED) is 0.895. The molecule has 1 aliphatic rings. The Morgan fingerprint density at radius 3 is 3.05 bits per heavy atom. The fraction of sp³-hybridized carbons (Fsp3) is 0.500. The van der Waals surface area contributed by atoms with Gasteiger partial charge in [0.25, 0.3) is 5.91 Å². The Labute approximate surface area is 121 Å². The Balaban J connectivity index is 1.99. The maximum Gasteiger partial charge on any atom is 0.252 e. The third-order valence-electron chi connectivity index (χ3n) is 3.53. The Hall–Kier alpha value is -0.940. The minimum atomic E-state index is -0.404. The predicted molar refractivity (Wildman–Crippen MR) is 76.6 cm³/mol. The van der Waals surface area contributed by atoms with Gasteiger partial charge in [-0.25, -0.2) is 4.39 Å². The average Bonchev–Trinajstić information content (AvgIpc) is 2.40. The lowest BCUT2D eigenvalue weighted by Crippen LogP contribution is -2.45. The zero-order valence-corrected chi connectivity index (χ0v) is 12.5. The lowest BCUT2D eigenvalue weighted by Gasteiger charge is -2.34. The highest BCUT2D eigenvalue weighted by Crippen LogP contribution is 2.24. The molecule has 1 aliphatic heterocycles. The molecule has 0 aromatic heterocycles. The molecule has 1 aromatic rings. The van der Waals surface area contributed by atoms with Gasteiger partial charge in [0.15, 0.2) is 0 Å². The smallest absolute Gasteiger partial charge is 0.252 e. The van der Waals surface area contributed by atoms with Crippen molar-refractivity contribution in [2.24, 2.45) is 5.41 Å². The van der Waals surface area contributed by atoms with E-state index in [4.69, 9.17) is 0 Å². The van der Waals surface area contributed by atoms with E-state index in [2.05, 4.69) is 33.5 Å². The van der Waals surface area contributed by atoms with Crippen LogP contribution in [0.25, 0.3) is 0 Å². The van der Waals surface area contributed by atoms with Crippen LogP contribution in [0.5, 0.6) is 0 Å². The molecule has 2 rings (SSSR count). The summed E-state index contributed by atoms with van der Waals surface area (Å²) in [7, 11) is 0. The zero-order valence-electron chi connectivity index (χ0n) is 10.9. The Bertz CT molecular complexity index is 473. The second kappa shape index (κ2) is 6.01. The van der Waals surface area contributed by atoms with Gasteiger partial charge < -0.3 is 10.6 Å². The molecule has 1 amide bonds. The van der Waals surface area contributed by atoms with Gasteiger partial charge in [0.2, 0.25) is 0 Å². The van der Waals surface area contributed by atoms with Gasteiger partial charge in [-0.15, -0.1) is 0 Å². The van der Waals surface area contributed by atoms with Gasteiger partial charge >= 0.3 is 0 Å². The number of amides is 1. The van der Waals surface area contributed by atoms with Gasteiger partial charge in [0.1, 0.15) is 5.82 Å². The van der Waals surface area contributed by atoms with Gasteiger partial charge in [-0.3, -0.25) is 4.79 Å². The summed E-state index contributed by atoms with van der Waals surface area (Å²) in [6.07, 6.45) is 2.21. The van der Waals surface area contributed by atoms with E-state index >= 15 is 0 Å². The van der Waals surface area contributed by atoms with Crippen LogP contribution in [-0.2, 0) is 0 Å². The highest BCUT2D eigenvalue weighted by Gasteiger charge is 2.27. The summed E-state index contributed by atoms with van der Waals surface area (Å²) in [5, 5.41) is 6.24. The van der Waals surface area contributed by atoms with E-state index < -0.39 is 5.82 Å². The van der Waals surface area contributed by atoms with Gasteiger partial charge in [-0.05, 0) is 58.9 Å². The molecule has 104 valence electrons. The van der Waals surface area contributed by atoms with Crippen LogP contribution in [-0.4, -0.2) is 25.5 Å². The number of nitrogens with one attached hydrogen (secondary N) is 2. The zero-order chi connectivity index (χ0) is 13.9. The van der Waals surface area contributed by atoms with Gasteiger partial charge in [0, 0.05) is 17.6 Å². The topological polar surface area (TPSA) is 41.1 Å². The van der Waals surface area contributed by atoms with E-state index in [9.17, 15) is 9.18 Å². The number of rotatable bonds is 3. The first kappa shape index (κ1) is 14.5. The lowest BCUT2D eigenvalue weighted by molar-refractivity contribution is 0.0923. The highest BCUT2D eigenvalue weighted by atomic mass is 79.9. The Morgan fingerprint density at radius 1 is 1.58 bits per heavy atom. The molecular weight excluding hydrogens is 311 g/mol. The first-order valence-corrected chi connectivity index (χ1v) is 7.23. The Morgan fingerprint density at radius 2 is 2.37 bits per heavy atom. The molecule has 1 aromatic carbocycles. The number of carbonyl (C=O) groups is 1. The van der Waals surface area contributed by atoms with Crippen LogP contribution in [0.1, 0.15) is 30.1 Å². The van der Waals surface area contributed by atoms with Crippen molar-refractivity contribution in [1.29, 1.82) is 0 Å². The maximum absolute atomic E-state index is 13.2. The molecule has 0 aliphatic carbocycles. The number of hydrogen-bond donors (Lipinski definition) is 2. The largest absolute Gasteiger partial charge is 0.351 e. The molecule has 19 heavy (non-hydrogen) atoms. The molecular formula is C14H18BrFN2O. The van der Waals surface area contributed by atoms with Crippen LogP contribution in [0.15, 0.2) is 22.7 Å². The summed E-state index contributed by atoms with van der Waals surface area (Å²) in [5.41, 5.74) is 0.417. The molecule has 2 N–H and O–H groups in total. The van der Waals surface area contributed by atoms with Crippen LogP contribution in [0.2, 0.25) is 0 Å². The molecule has 3 nitrogen and oxygen atoms in total. The average molecular weight is 329 g/mol. The summed E-state index contributed by atoms with van der Waals surface area (Å²) < 4.78 is 13.8. The lowest BCUT2D eigenvalue weighted by atomic mass is 9.83. The Kier molecular flexibility index (Phi) is 4.58. The van der Waals surface area contributed by atoms with Crippen molar-refractivity contribution < 1.29 is 9.18 Å².